The van der Waals surface area contributed by atoms with Crippen molar-refractivity contribution >= 4 is 0 Å². The Morgan fingerprint density at radius 1 is 1.27 bits per heavy atom. The standard InChI is InChI=1S/C9H9F4NO/c1-14-4-5-2-6(10)8(7(11)3-5)15-9(12)13/h2-3,9,14H,4H2,1H3. The zero-order chi connectivity index (χ0) is 11.4. The van der Waals surface area contributed by atoms with E-state index in [9.17, 15) is 17.6 Å². The molecule has 0 saturated heterocycles. The highest BCUT2D eigenvalue weighted by molar-refractivity contribution is 5.31. The van der Waals surface area contributed by atoms with E-state index in [1.54, 1.807) is 7.05 Å². The molecule has 1 N–H and O–H groups in total. The topological polar surface area (TPSA) is 21.3 Å². The minimum Gasteiger partial charge on any atom is -0.429 e. The van der Waals surface area contributed by atoms with Crippen molar-refractivity contribution in [3.05, 3.63) is 29.3 Å². The first-order valence-electron chi connectivity index (χ1n) is 4.12. The summed E-state index contributed by atoms with van der Waals surface area (Å²) in [5, 5.41) is 2.68. The summed E-state index contributed by atoms with van der Waals surface area (Å²) in [5.74, 6) is -3.33. The fraction of sp³-hybridized carbons (Fsp3) is 0.333. The Kier molecular flexibility index (Phi) is 3.90. The maximum absolute atomic E-state index is 13.1. The van der Waals surface area contributed by atoms with E-state index in [1.165, 1.54) is 0 Å². The molecule has 15 heavy (non-hydrogen) atoms. The van der Waals surface area contributed by atoms with Gasteiger partial charge in [0.25, 0.3) is 0 Å². The van der Waals surface area contributed by atoms with Crippen molar-refractivity contribution in [2.75, 3.05) is 7.05 Å². The van der Waals surface area contributed by atoms with Gasteiger partial charge in [-0.2, -0.15) is 8.78 Å². The van der Waals surface area contributed by atoms with E-state index < -0.39 is 24.0 Å². The van der Waals surface area contributed by atoms with Gasteiger partial charge in [-0.05, 0) is 24.7 Å². The Morgan fingerprint density at radius 3 is 2.20 bits per heavy atom. The molecule has 2 nitrogen and oxygen atoms in total. The first-order valence-corrected chi connectivity index (χ1v) is 4.12. The van der Waals surface area contributed by atoms with Crippen LogP contribution >= 0.6 is 0 Å². The van der Waals surface area contributed by atoms with Crippen LogP contribution in [0.3, 0.4) is 0 Å². The molecule has 1 rings (SSSR count). The predicted octanol–water partition coefficient (Wildman–Crippen LogP) is 2.29. The minimum absolute atomic E-state index is 0.239. The number of hydrogen-bond donors (Lipinski definition) is 1. The van der Waals surface area contributed by atoms with Crippen molar-refractivity contribution in [2.24, 2.45) is 0 Å². The van der Waals surface area contributed by atoms with Crippen LogP contribution in [0.4, 0.5) is 17.6 Å². The number of ether oxygens (including phenoxy) is 1. The molecule has 0 radical (unpaired) electrons. The lowest BCUT2D eigenvalue weighted by Crippen LogP contribution is -2.09. The Labute approximate surface area is 83.9 Å². The van der Waals surface area contributed by atoms with Crippen molar-refractivity contribution in [1.82, 2.24) is 5.32 Å². The molecule has 0 aromatic heterocycles. The lowest BCUT2D eigenvalue weighted by Gasteiger charge is -2.08. The van der Waals surface area contributed by atoms with Crippen LogP contribution in [0.5, 0.6) is 5.75 Å². The van der Waals surface area contributed by atoms with Gasteiger partial charge < -0.3 is 10.1 Å². The Hall–Kier alpha value is -1.30. The van der Waals surface area contributed by atoms with Crippen molar-refractivity contribution in [1.29, 1.82) is 0 Å². The molecule has 0 saturated carbocycles. The monoisotopic (exact) mass is 223 g/mol. The summed E-state index contributed by atoms with van der Waals surface area (Å²) < 4.78 is 53.4. The fourth-order valence-electron chi connectivity index (χ4n) is 1.12. The van der Waals surface area contributed by atoms with Crippen molar-refractivity contribution in [2.45, 2.75) is 13.2 Å². The van der Waals surface area contributed by atoms with Gasteiger partial charge in [0.2, 0.25) is 0 Å². The van der Waals surface area contributed by atoms with Gasteiger partial charge in [0, 0.05) is 6.54 Å². The number of benzene rings is 1. The number of halogens is 4. The second-order valence-electron chi connectivity index (χ2n) is 2.80. The maximum Gasteiger partial charge on any atom is 0.387 e. The van der Waals surface area contributed by atoms with Crippen LogP contribution in [-0.4, -0.2) is 13.7 Å². The van der Waals surface area contributed by atoms with E-state index in [-0.39, 0.29) is 6.54 Å². The molecule has 0 aliphatic carbocycles. The molecule has 1 aromatic carbocycles. The molecule has 84 valence electrons. The van der Waals surface area contributed by atoms with E-state index in [4.69, 9.17) is 0 Å². The summed E-state index contributed by atoms with van der Waals surface area (Å²) in [4.78, 5) is 0. The van der Waals surface area contributed by atoms with Crippen LogP contribution in [0.15, 0.2) is 12.1 Å². The first-order chi connectivity index (χ1) is 7.04. The van der Waals surface area contributed by atoms with E-state index in [2.05, 4.69) is 10.1 Å². The van der Waals surface area contributed by atoms with Gasteiger partial charge in [-0.3, -0.25) is 0 Å². The highest BCUT2D eigenvalue weighted by Gasteiger charge is 2.16. The lowest BCUT2D eigenvalue weighted by molar-refractivity contribution is -0.0546. The molecule has 0 fully saturated rings. The molecule has 0 atom stereocenters. The lowest BCUT2D eigenvalue weighted by atomic mass is 10.2. The number of nitrogens with one attached hydrogen (secondary N) is 1. The van der Waals surface area contributed by atoms with Gasteiger partial charge in [0.05, 0.1) is 0 Å². The van der Waals surface area contributed by atoms with Gasteiger partial charge in [-0.1, -0.05) is 0 Å². The molecule has 0 aliphatic rings. The second-order valence-corrected chi connectivity index (χ2v) is 2.80. The first kappa shape index (κ1) is 11.8. The molecule has 0 aliphatic heterocycles. The van der Waals surface area contributed by atoms with Crippen LogP contribution in [0, 0.1) is 11.6 Å². The third kappa shape index (κ3) is 3.09. The zero-order valence-corrected chi connectivity index (χ0v) is 7.86. The van der Waals surface area contributed by atoms with Gasteiger partial charge in [0.1, 0.15) is 0 Å². The highest BCUT2D eigenvalue weighted by atomic mass is 19.3. The highest BCUT2D eigenvalue weighted by Crippen LogP contribution is 2.24. The summed E-state index contributed by atoms with van der Waals surface area (Å²) >= 11 is 0. The van der Waals surface area contributed by atoms with E-state index in [1.807, 2.05) is 0 Å². The van der Waals surface area contributed by atoms with E-state index in [0.29, 0.717) is 5.56 Å². The maximum atomic E-state index is 13.1. The summed E-state index contributed by atoms with van der Waals surface area (Å²) in [6, 6.07) is 1.88. The Bertz CT molecular complexity index is 320. The molecule has 0 heterocycles. The molecular formula is C9H9F4NO. The normalized spacial score (nSPS) is 10.8. The van der Waals surface area contributed by atoms with Crippen LogP contribution in [0.1, 0.15) is 5.56 Å². The molecule has 0 spiro atoms. The van der Waals surface area contributed by atoms with Crippen LogP contribution in [0.25, 0.3) is 0 Å². The van der Waals surface area contributed by atoms with Crippen LogP contribution in [0.2, 0.25) is 0 Å². The molecule has 0 unspecified atom stereocenters. The average Bonchev–Trinajstić information content (AvgIpc) is 2.11. The third-order valence-electron chi connectivity index (χ3n) is 1.65. The quantitative estimate of drug-likeness (QED) is 0.790. The Balaban J connectivity index is 2.98. The SMILES string of the molecule is CNCc1cc(F)c(OC(F)F)c(F)c1. The average molecular weight is 223 g/mol. The second kappa shape index (κ2) is 4.97. The molecule has 0 amide bonds. The Morgan fingerprint density at radius 2 is 1.80 bits per heavy atom. The summed E-state index contributed by atoms with van der Waals surface area (Å²) in [6.07, 6.45) is 0. The van der Waals surface area contributed by atoms with Gasteiger partial charge in [-0.15, -0.1) is 0 Å². The van der Waals surface area contributed by atoms with Gasteiger partial charge in [-0.25, -0.2) is 8.78 Å². The number of hydrogen-bond acceptors (Lipinski definition) is 2. The fourth-order valence-corrected chi connectivity index (χ4v) is 1.12. The molecule has 0 bridgehead atoms. The smallest absolute Gasteiger partial charge is 0.387 e. The summed E-state index contributed by atoms with van der Waals surface area (Å²) in [6.45, 7) is -3.01. The minimum atomic E-state index is -3.25. The number of alkyl halides is 2. The summed E-state index contributed by atoms with van der Waals surface area (Å²) in [7, 11) is 1.60. The molecule has 6 heteroatoms. The van der Waals surface area contributed by atoms with Gasteiger partial charge >= 0.3 is 6.61 Å². The van der Waals surface area contributed by atoms with Crippen molar-refractivity contribution in [3.63, 3.8) is 0 Å². The van der Waals surface area contributed by atoms with E-state index >= 15 is 0 Å². The van der Waals surface area contributed by atoms with Crippen LogP contribution in [-0.2, 0) is 6.54 Å². The van der Waals surface area contributed by atoms with E-state index in [0.717, 1.165) is 12.1 Å². The number of rotatable bonds is 4. The largest absolute Gasteiger partial charge is 0.429 e. The van der Waals surface area contributed by atoms with Crippen molar-refractivity contribution in [3.8, 4) is 5.75 Å². The zero-order valence-electron chi connectivity index (χ0n) is 7.86. The summed E-state index contributed by atoms with van der Waals surface area (Å²) in [5.41, 5.74) is 0.314. The van der Waals surface area contributed by atoms with Crippen molar-refractivity contribution < 1.29 is 22.3 Å². The van der Waals surface area contributed by atoms with Gasteiger partial charge in [0.15, 0.2) is 17.4 Å². The third-order valence-corrected chi connectivity index (χ3v) is 1.65. The molecular weight excluding hydrogens is 214 g/mol. The van der Waals surface area contributed by atoms with Crippen LogP contribution < -0.4 is 10.1 Å². The predicted molar refractivity (Wildman–Crippen MR) is 45.8 cm³/mol. The molecule has 1 aromatic rings.